The molecular weight excluding hydrogens is 482 g/mol. The van der Waals surface area contributed by atoms with Crippen molar-refractivity contribution < 1.29 is 9.30 Å². The molecule has 1 spiro atoms. The van der Waals surface area contributed by atoms with Gasteiger partial charge in [-0.2, -0.15) is 9.67 Å². The van der Waals surface area contributed by atoms with Gasteiger partial charge in [-0.1, -0.05) is 42.5 Å². The molecule has 0 saturated heterocycles. The Bertz CT molecular complexity index is 2210. The standard InChI is InChI=1S/C33H20N5O/c1-35-32-33-27-24(36(32)17-34-35)12-5-13-25(27)39-26-15-14-22-21-10-4-9-20-18-7-2-3-8-19(18)23-11-6-16-37(33)31(23)38(29(20)21)30(22)28(26)33/h2-17,32H,1H3/q+1. The van der Waals surface area contributed by atoms with Gasteiger partial charge in [-0.05, 0) is 53.6 Å². The average molecular weight is 503 g/mol. The fraction of sp³-hybridized carbons (Fsp3) is 0.0909. The summed E-state index contributed by atoms with van der Waals surface area (Å²) in [5.41, 5.74) is 10.5. The van der Waals surface area contributed by atoms with Gasteiger partial charge in [-0.25, -0.2) is 4.57 Å². The van der Waals surface area contributed by atoms with Crippen molar-refractivity contribution in [3.63, 3.8) is 0 Å². The third-order valence-electron chi connectivity index (χ3n) is 9.59. The summed E-state index contributed by atoms with van der Waals surface area (Å²) in [5, 5.41) is 9.47. The number of fused-ring (bicyclic) bond motifs is 6. The van der Waals surface area contributed by atoms with Crippen LogP contribution in [0.1, 0.15) is 11.1 Å². The number of hydrogen-bond acceptors (Lipinski definition) is 4. The highest BCUT2D eigenvalue weighted by Crippen LogP contribution is 2.62. The lowest BCUT2D eigenvalue weighted by Crippen LogP contribution is -2.70. The minimum absolute atomic E-state index is 0.0665. The second kappa shape index (κ2) is 5.81. The molecule has 0 N–H and O–H groups in total. The van der Waals surface area contributed by atoms with Crippen LogP contribution >= 0.6 is 0 Å². The molecule has 2 atom stereocenters. The van der Waals surface area contributed by atoms with Crippen LogP contribution in [0, 0.1) is 0 Å². The Balaban J connectivity index is 1.49. The number of rotatable bonds is 0. The molecule has 2 aromatic heterocycles. The highest BCUT2D eigenvalue weighted by molar-refractivity contribution is 6.18. The summed E-state index contributed by atoms with van der Waals surface area (Å²) in [4.78, 5) is 2.33. The minimum Gasteiger partial charge on any atom is -0.456 e. The van der Waals surface area contributed by atoms with Crippen LogP contribution in [0.15, 0.2) is 96.2 Å². The number of hydrogen-bond donors (Lipinski definition) is 0. The van der Waals surface area contributed by atoms with E-state index >= 15 is 0 Å². The summed E-state index contributed by atoms with van der Waals surface area (Å²) < 4.78 is 11.8. The molecule has 0 bridgehead atoms. The maximum Gasteiger partial charge on any atom is 0.296 e. The summed E-state index contributed by atoms with van der Waals surface area (Å²) >= 11 is 0. The van der Waals surface area contributed by atoms with Crippen LogP contribution in [-0.2, 0) is 5.54 Å². The summed E-state index contributed by atoms with van der Waals surface area (Å²) in [5.74, 6) is 3.03. The van der Waals surface area contributed by atoms with E-state index in [1.54, 1.807) is 0 Å². The third-order valence-corrected chi connectivity index (χ3v) is 9.59. The van der Waals surface area contributed by atoms with Crippen LogP contribution in [0.5, 0.6) is 11.5 Å². The van der Waals surface area contributed by atoms with Crippen LogP contribution in [0.25, 0.3) is 49.9 Å². The Morgan fingerprint density at radius 1 is 0.744 bits per heavy atom. The molecule has 5 aliphatic rings. The molecule has 5 aliphatic heterocycles. The van der Waals surface area contributed by atoms with Crippen LogP contribution in [0.2, 0.25) is 0 Å². The number of likely N-dealkylation sites (N-methyl/N-ethyl adjacent to an activating group) is 1. The zero-order valence-electron chi connectivity index (χ0n) is 21.0. The second-order valence-electron chi connectivity index (χ2n) is 11.1. The number of anilines is 1. The van der Waals surface area contributed by atoms with Crippen molar-refractivity contribution in [2.24, 2.45) is 5.10 Å². The molecule has 4 aromatic carbocycles. The minimum atomic E-state index is -0.556. The summed E-state index contributed by atoms with van der Waals surface area (Å²) in [6.07, 6.45) is 4.18. The lowest BCUT2D eigenvalue weighted by atomic mass is 9.76. The van der Waals surface area contributed by atoms with Gasteiger partial charge in [0.1, 0.15) is 23.4 Å². The fourth-order valence-electron chi connectivity index (χ4n) is 8.37. The van der Waals surface area contributed by atoms with Crippen molar-refractivity contribution in [1.29, 1.82) is 0 Å². The average Bonchev–Trinajstić information content (AvgIpc) is 3.59. The lowest BCUT2D eigenvalue weighted by Gasteiger charge is -2.42. The van der Waals surface area contributed by atoms with Gasteiger partial charge in [-0.3, -0.25) is 5.01 Å². The first-order chi connectivity index (χ1) is 19.3. The van der Waals surface area contributed by atoms with Gasteiger partial charge in [0.2, 0.25) is 5.54 Å². The predicted molar refractivity (Wildman–Crippen MR) is 151 cm³/mol. The Morgan fingerprint density at radius 3 is 2.44 bits per heavy atom. The van der Waals surface area contributed by atoms with Gasteiger partial charge in [-0.15, -0.1) is 0 Å². The first kappa shape index (κ1) is 19.0. The highest BCUT2D eigenvalue weighted by Gasteiger charge is 2.68. The Labute approximate surface area is 223 Å². The van der Waals surface area contributed by atoms with E-state index in [9.17, 15) is 0 Å². The molecule has 182 valence electrons. The van der Waals surface area contributed by atoms with E-state index in [4.69, 9.17) is 9.84 Å². The van der Waals surface area contributed by atoms with E-state index in [1.165, 1.54) is 61.0 Å². The normalized spacial score (nSPS) is 21.3. The van der Waals surface area contributed by atoms with E-state index in [2.05, 4.69) is 117 Å². The van der Waals surface area contributed by atoms with Crippen molar-refractivity contribution in [1.82, 2.24) is 9.58 Å². The molecule has 6 heteroatoms. The number of nitrogens with zero attached hydrogens (tertiary/aromatic N) is 5. The third kappa shape index (κ3) is 1.75. The number of aromatic nitrogens is 2. The maximum absolute atomic E-state index is 6.76. The van der Waals surface area contributed by atoms with Gasteiger partial charge in [0.05, 0.1) is 28.6 Å². The van der Waals surface area contributed by atoms with Crippen LogP contribution in [-0.4, -0.2) is 29.1 Å². The van der Waals surface area contributed by atoms with Gasteiger partial charge >= 0.3 is 0 Å². The summed E-state index contributed by atoms with van der Waals surface area (Å²) in [6, 6.07) is 31.0. The molecule has 0 saturated carbocycles. The molecule has 39 heavy (non-hydrogen) atoms. The van der Waals surface area contributed by atoms with Gasteiger partial charge < -0.3 is 9.64 Å². The fourth-order valence-corrected chi connectivity index (χ4v) is 8.37. The maximum atomic E-state index is 6.76. The molecule has 0 fully saturated rings. The first-order valence-corrected chi connectivity index (χ1v) is 13.4. The number of para-hydroxylation sites is 1. The predicted octanol–water partition coefficient (Wildman–Crippen LogP) is 5.96. The van der Waals surface area contributed by atoms with Crippen LogP contribution in [0.4, 0.5) is 5.69 Å². The van der Waals surface area contributed by atoms with Crippen LogP contribution < -0.4 is 14.2 Å². The second-order valence-corrected chi connectivity index (χ2v) is 11.1. The van der Waals surface area contributed by atoms with E-state index in [0.717, 1.165) is 17.2 Å². The van der Waals surface area contributed by atoms with Crippen molar-refractivity contribution in [3.05, 3.63) is 102 Å². The molecule has 0 aliphatic carbocycles. The SMILES string of the molecule is CN1N=CN2c3cccc4c3C3(c5c(ccc6c7cccc8c7n(c56)-c5c(ccc[n+]53)-c3ccccc3-8)O4)C12. The molecule has 11 rings (SSSR count). The molecule has 0 radical (unpaired) electrons. The van der Waals surface area contributed by atoms with E-state index in [0.29, 0.717) is 0 Å². The molecule has 2 unspecified atom stereocenters. The number of pyridine rings is 1. The zero-order valence-corrected chi connectivity index (χ0v) is 21.0. The topological polar surface area (TPSA) is 36.9 Å². The molecule has 6 nitrogen and oxygen atoms in total. The van der Waals surface area contributed by atoms with Crippen molar-refractivity contribution >= 4 is 33.8 Å². The van der Waals surface area contributed by atoms with Crippen molar-refractivity contribution in [3.8, 4) is 39.6 Å². The van der Waals surface area contributed by atoms with Gasteiger partial charge in [0.25, 0.3) is 5.82 Å². The lowest BCUT2D eigenvalue weighted by molar-refractivity contribution is -0.743. The van der Waals surface area contributed by atoms with Crippen LogP contribution in [0.3, 0.4) is 0 Å². The zero-order chi connectivity index (χ0) is 25.2. The van der Waals surface area contributed by atoms with E-state index in [1.807, 2.05) is 6.34 Å². The monoisotopic (exact) mass is 502 g/mol. The number of benzene rings is 4. The number of hydrazone groups is 1. The van der Waals surface area contributed by atoms with Gasteiger partial charge in [0.15, 0.2) is 11.7 Å². The molecule has 7 heterocycles. The summed E-state index contributed by atoms with van der Waals surface area (Å²) in [6.45, 7) is 0. The highest BCUT2D eigenvalue weighted by atomic mass is 16.5. The smallest absolute Gasteiger partial charge is 0.296 e. The van der Waals surface area contributed by atoms with E-state index < -0.39 is 5.54 Å². The van der Waals surface area contributed by atoms with Crippen molar-refractivity contribution in [2.75, 3.05) is 11.9 Å². The molecule has 0 amide bonds. The summed E-state index contributed by atoms with van der Waals surface area (Å²) in [7, 11) is 2.09. The van der Waals surface area contributed by atoms with Crippen molar-refractivity contribution in [2.45, 2.75) is 11.7 Å². The Morgan fingerprint density at radius 2 is 1.51 bits per heavy atom. The largest absolute Gasteiger partial charge is 0.456 e. The number of ether oxygens (including phenoxy) is 1. The Hall–Kier alpha value is -5.10. The quantitative estimate of drug-likeness (QED) is 0.240. The van der Waals surface area contributed by atoms with Gasteiger partial charge in [0, 0.05) is 23.4 Å². The molecular formula is C33H20N5O+. The molecule has 6 aromatic rings. The first-order valence-electron chi connectivity index (χ1n) is 13.4. The van der Waals surface area contributed by atoms with E-state index in [-0.39, 0.29) is 6.17 Å². The Kier molecular flexibility index (Phi) is 2.84.